The van der Waals surface area contributed by atoms with Gasteiger partial charge in [0, 0.05) is 39.4 Å². The zero-order valence-electron chi connectivity index (χ0n) is 2.59. The maximum atomic E-state index is 0. The van der Waals surface area contributed by atoms with Crippen LogP contribution < -0.4 is 0 Å². The van der Waals surface area contributed by atoms with Crippen molar-refractivity contribution in [2.75, 3.05) is 0 Å². The molecular weight excluding hydrogens is 798 g/mol. The minimum absolute atomic E-state index is 0. The third-order valence-corrected chi connectivity index (χ3v) is 0. The molecule has 0 heterocycles. The second-order valence-corrected chi connectivity index (χ2v) is 0. The van der Waals surface area contributed by atoms with Crippen molar-refractivity contribution in [2.24, 2.45) is 0 Å². The standard InChI is InChI=1S/Au.Bi.Cu.Pb.Sb.7H. The van der Waals surface area contributed by atoms with Gasteiger partial charge in [0.15, 0.2) is 0 Å². The van der Waals surface area contributed by atoms with Crippen molar-refractivity contribution in [3.8, 4) is 0 Å². The Balaban J connectivity index is 0. The fourth-order valence-electron chi connectivity index (χ4n) is 0. The van der Waals surface area contributed by atoms with Crippen LogP contribution in [0.4, 0.5) is 0 Å². The first-order valence-electron chi connectivity index (χ1n) is 0. The Bertz CT molecular complexity index is 11.6. The summed E-state index contributed by atoms with van der Waals surface area (Å²) in [5.41, 5.74) is 0. The van der Waals surface area contributed by atoms with Gasteiger partial charge in [0.1, 0.15) is 0 Å². The summed E-state index contributed by atoms with van der Waals surface area (Å²) in [7, 11) is 0. The Kier molecular flexibility index (Phi) is 181. The van der Waals surface area contributed by atoms with Gasteiger partial charge in [-0.05, 0) is 0 Å². The van der Waals surface area contributed by atoms with E-state index in [0.717, 1.165) is 0 Å². The third-order valence-electron chi connectivity index (χ3n) is 0. The first-order chi connectivity index (χ1) is 0. The van der Waals surface area contributed by atoms with Crippen molar-refractivity contribution in [1.82, 2.24) is 0 Å². The molecule has 0 aromatic heterocycles. The topological polar surface area (TPSA) is 0 Å². The Morgan fingerprint density at radius 3 is 1.00 bits per heavy atom. The van der Waals surface area contributed by atoms with Gasteiger partial charge in [0.05, 0.1) is 0 Å². The van der Waals surface area contributed by atoms with Crippen LogP contribution in [0, 0.1) is 0 Å². The van der Waals surface area contributed by atoms with Crippen LogP contribution in [0.15, 0.2) is 0 Å². The molecule has 43 valence electrons. The average Bonchev–Trinajstić information content (AvgIpc) is 0. The van der Waals surface area contributed by atoms with Crippen LogP contribution in [0.25, 0.3) is 0 Å². The van der Waals surface area contributed by atoms with Crippen molar-refractivity contribution < 1.29 is 39.4 Å². The molecule has 5 heteroatoms. The van der Waals surface area contributed by atoms with Gasteiger partial charge in [-0.1, -0.05) is 0 Å². The SMILES string of the molecule is [Au].[BiH3].[Cu].[PbH2].[SbH2]. The van der Waals surface area contributed by atoms with Crippen LogP contribution in [0.3, 0.4) is 0 Å². The van der Waals surface area contributed by atoms with Crippen LogP contribution in [-0.4, -0.2) is 77.9 Å². The van der Waals surface area contributed by atoms with E-state index >= 15 is 0 Å². The Morgan fingerprint density at radius 1 is 1.00 bits per heavy atom. The molecule has 0 bridgehead atoms. The second-order valence-electron chi connectivity index (χ2n) is 0. The van der Waals surface area contributed by atoms with Gasteiger partial charge >= 0.3 is 77.9 Å². The van der Waals surface area contributed by atoms with E-state index in [-0.39, 0.29) is 117 Å². The molecule has 0 saturated carbocycles. The minimum atomic E-state index is 0. The number of hydrogen-bond donors (Lipinski definition) is 0. The summed E-state index contributed by atoms with van der Waals surface area (Å²) in [4.78, 5) is 0. The molecule has 0 aromatic rings. The maximum absolute atomic E-state index is 0. The van der Waals surface area contributed by atoms with Gasteiger partial charge in [0.2, 0.25) is 0 Å². The molecule has 0 saturated heterocycles. The summed E-state index contributed by atoms with van der Waals surface area (Å²) in [6.45, 7) is 0. The van der Waals surface area contributed by atoms with E-state index in [1.54, 1.807) is 0 Å². The summed E-state index contributed by atoms with van der Waals surface area (Å²) in [5, 5.41) is 0. The Labute approximate surface area is 115 Å². The summed E-state index contributed by atoms with van der Waals surface area (Å²) in [6.07, 6.45) is 0. The van der Waals surface area contributed by atoms with E-state index in [2.05, 4.69) is 0 Å². The summed E-state index contributed by atoms with van der Waals surface area (Å²) >= 11 is 0. The summed E-state index contributed by atoms with van der Waals surface area (Å²) < 4.78 is 0. The van der Waals surface area contributed by atoms with Crippen LogP contribution in [0.5, 0.6) is 0 Å². The van der Waals surface area contributed by atoms with Crippen molar-refractivity contribution in [3.63, 3.8) is 0 Å². The van der Waals surface area contributed by atoms with E-state index in [1.807, 2.05) is 0 Å². The summed E-state index contributed by atoms with van der Waals surface area (Å²) in [6, 6.07) is 0. The van der Waals surface area contributed by atoms with Crippen molar-refractivity contribution in [2.45, 2.75) is 0 Å². The molecule has 0 nitrogen and oxygen atoms in total. The first kappa shape index (κ1) is 36.6. The predicted octanol–water partition coefficient (Wildman–Crippen LogP) is -3.02. The molecule has 0 aliphatic rings. The fraction of sp³-hybridized carbons (Fsp3) is 0. The molecule has 0 spiro atoms. The van der Waals surface area contributed by atoms with Gasteiger partial charge in [-0.25, -0.2) is 0 Å². The van der Waals surface area contributed by atoms with Gasteiger partial charge in [0.25, 0.3) is 0 Å². The second kappa shape index (κ2) is 24.8. The monoisotopic (exact) mass is 805 g/mol. The number of rotatable bonds is 0. The van der Waals surface area contributed by atoms with E-state index in [9.17, 15) is 0 Å². The molecule has 0 aliphatic carbocycles. The number of hydrogen-bond acceptors (Lipinski definition) is 0. The van der Waals surface area contributed by atoms with E-state index in [1.165, 1.54) is 0 Å². The van der Waals surface area contributed by atoms with E-state index in [4.69, 9.17) is 0 Å². The van der Waals surface area contributed by atoms with Crippen LogP contribution in [-0.2, 0) is 39.4 Å². The fourth-order valence-corrected chi connectivity index (χ4v) is 0. The molecule has 0 aliphatic heterocycles. The van der Waals surface area contributed by atoms with Crippen LogP contribution >= 0.6 is 0 Å². The molecule has 0 aromatic carbocycles. The van der Waals surface area contributed by atoms with Gasteiger partial charge in [-0.2, -0.15) is 0 Å². The predicted molar refractivity (Wildman–Crippen MR) is 27.0 cm³/mol. The Morgan fingerprint density at radius 2 is 1.00 bits per heavy atom. The molecule has 5 radical (unpaired) electrons. The van der Waals surface area contributed by atoms with Crippen LogP contribution in [0.1, 0.15) is 0 Å². The third kappa shape index (κ3) is 18.1. The zero-order valence-corrected chi connectivity index (χ0v) is 20.0. The molecular formula is H7AuBiCuPbSb. The van der Waals surface area contributed by atoms with Crippen molar-refractivity contribution in [1.29, 1.82) is 0 Å². The summed E-state index contributed by atoms with van der Waals surface area (Å²) in [5.74, 6) is 0. The zero-order chi connectivity index (χ0) is 0. The normalized spacial score (nSPS) is 0. The molecule has 0 unspecified atom stereocenters. The molecule has 0 rings (SSSR count). The van der Waals surface area contributed by atoms with Gasteiger partial charge < -0.3 is 0 Å². The first-order valence-corrected chi connectivity index (χ1v) is 0. The van der Waals surface area contributed by atoms with E-state index in [0.29, 0.717) is 0 Å². The quantitative estimate of drug-likeness (QED) is 0.229. The van der Waals surface area contributed by atoms with Crippen molar-refractivity contribution >= 4 is 77.9 Å². The molecule has 0 atom stereocenters. The van der Waals surface area contributed by atoms with Gasteiger partial charge in [-0.15, -0.1) is 0 Å². The molecule has 0 fully saturated rings. The van der Waals surface area contributed by atoms with Crippen molar-refractivity contribution in [3.05, 3.63) is 0 Å². The van der Waals surface area contributed by atoms with E-state index < -0.39 is 0 Å². The molecule has 5 heavy (non-hydrogen) atoms. The Hall–Kier alpha value is 3.88. The average molecular weight is 806 g/mol. The van der Waals surface area contributed by atoms with Crippen LogP contribution in [0.2, 0.25) is 0 Å². The van der Waals surface area contributed by atoms with Gasteiger partial charge in [-0.3, -0.25) is 0 Å². The molecule has 0 amide bonds. The molecule has 0 N–H and O–H groups in total.